The lowest BCUT2D eigenvalue weighted by Gasteiger charge is -2.24. The van der Waals surface area contributed by atoms with E-state index < -0.39 is 11.9 Å². The maximum absolute atomic E-state index is 12.2. The van der Waals surface area contributed by atoms with Gasteiger partial charge in [0.15, 0.2) is 0 Å². The van der Waals surface area contributed by atoms with Crippen molar-refractivity contribution in [3.63, 3.8) is 0 Å². The molecule has 0 bridgehead atoms. The Morgan fingerprint density at radius 2 is 1.68 bits per heavy atom. The van der Waals surface area contributed by atoms with Crippen LogP contribution in [0.1, 0.15) is 73.6 Å². The summed E-state index contributed by atoms with van der Waals surface area (Å²) in [5.41, 5.74) is -0.0605. The van der Waals surface area contributed by atoms with Gasteiger partial charge < -0.3 is 14.6 Å². The van der Waals surface area contributed by atoms with Gasteiger partial charge in [-0.25, -0.2) is 9.59 Å². The van der Waals surface area contributed by atoms with Gasteiger partial charge in [-0.3, -0.25) is 0 Å². The molecule has 0 aromatic heterocycles. The summed E-state index contributed by atoms with van der Waals surface area (Å²) in [6.45, 7) is 7.98. The van der Waals surface area contributed by atoms with Gasteiger partial charge in [0.1, 0.15) is 0 Å². The Morgan fingerprint density at radius 3 is 2.32 bits per heavy atom. The minimum absolute atomic E-state index is 0.0281. The highest BCUT2D eigenvalue weighted by Gasteiger charge is 2.22. The van der Waals surface area contributed by atoms with Crippen LogP contribution < -0.4 is 0 Å². The molecule has 0 heterocycles. The Bertz CT molecular complexity index is 551. The van der Waals surface area contributed by atoms with Crippen LogP contribution in [0.25, 0.3) is 0 Å². The Labute approximate surface area is 150 Å². The first-order valence-corrected chi connectivity index (χ1v) is 8.94. The van der Waals surface area contributed by atoms with Crippen molar-refractivity contribution in [2.24, 2.45) is 5.41 Å². The van der Waals surface area contributed by atoms with E-state index in [2.05, 4.69) is 13.8 Å². The van der Waals surface area contributed by atoms with Crippen LogP contribution in [-0.2, 0) is 9.47 Å². The molecule has 0 radical (unpaired) electrons. The van der Waals surface area contributed by atoms with Crippen LogP contribution >= 0.6 is 0 Å². The van der Waals surface area contributed by atoms with Crippen molar-refractivity contribution in [1.29, 1.82) is 0 Å². The zero-order valence-corrected chi connectivity index (χ0v) is 15.5. The molecular formula is C20H30O5. The van der Waals surface area contributed by atoms with Gasteiger partial charge in [0.2, 0.25) is 0 Å². The van der Waals surface area contributed by atoms with Crippen LogP contribution in [0.4, 0.5) is 0 Å². The summed E-state index contributed by atoms with van der Waals surface area (Å²) in [5, 5.41) is 9.15. The topological polar surface area (TPSA) is 72.8 Å². The number of hydrogen-bond acceptors (Lipinski definition) is 4. The highest BCUT2D eigenvalue weighted by atomic mass is 16.5. The van der Waals surface area contributed by atoms with Gasteiger partial charge in [0.25, 0.3) is 0 Å². The minimum atomic E-state index is -1.13. The number of carboxylic acids is 1. The van der Waals surface area contributed by atoms with Crippen LogP contribution in [0, 0.1) is 5.41 Å². The fourth-order valence-corrected chi connectivity index (χ4v) is 2.56. The number of carboxylic acid groups (broad SMARTS) is 1. The van der Waals surface area contributed by atoms with Gasteiger partial charge in [-0.15, -0.1) is 0 Å². The molecule has 0 aliphatic carbocycles. The zero-order chi connectivity index (χ0) is 18.7. The SMILES string of the molecule is CCOCCCCCCC(C)(C)COC(=O)c1ccccc1C(=O)O. The summed E-state index contributed by atoms with van der Waals surface area (Å²) in [6.07, 6.45) is 5.38. The lowest BCUT2D eigenvalue weighted by Crippen LogP contribution is -2.23. The molecule has 0 atom stereocenters. The molecule has 1 aromatic rings. The van der Waals surface area contributed by atoms with E-state index in [1.165, 1.54) is 12.1 Å². The lowest BCUT2D eigenvalue weighted by molar-refractivity contribution is 0.0318. The average molecular weight is 350 g/mol. The Kier molecular flexibility index (Phi) is 9.21. The van der Waals surface area contributed by atoms with Crippen LogP contribution in [-0.4, -0.2) is 36.9 Å². The number of ether oxygens (including phenoxy) is 2. The quantitative estimate of drug-likeness (QED) is 0.442. The van der Waals surface area contributed by atoms with E-state index in [1.807, 2.05) is 6.92 Å². The first-order valence-electron chi connectivity index (χ1n) is 8.94. The maximum atomic E-state index is 12.2. The molecule has 1 aromatic carbocycles. The molecule has 1 N–H and O–H groups in total. The second-order valence-electron chi connectivity index (χ2n) is 6.95. The van der Waals surface area contributed by atoms with Crippen molar-refractivity contribution in [3.05, 3.63) is 35.4 Å². The fourth-order valence-electron chi connectivity index (χ4n) is 2.56. The van der Waals surface area contributed by atoms with Crippen LogP contribution in [0.2, 0.25) is 0 Å². The van der Waals surface area contributed by atoms with Crippen molar-refractivity contribution in [1.82, 2.24) is 0 Å². The lowest BCUT2D eigenvalue weighted by atomic mass is 9.88. The predicted molar refractivity (Wildman–Crippen MR) is 97.0 cm³/mol. The predicted octanol–water partition coefficient (Wildman–Crippen LogP) is 4.55. The zero-order valence-electron chi connectivity index (χ0n) is 15.5. The maximum Gasteiger partial charge on any atom is 0.339 e. The molecule has 0 spiro atoms. The average Bonchev–Trinajstić information content (AvgIpc) is 2.59. The van der Waals surface area contributed by atoms with Crippen molar-refractivity contribution < 1.29 is 24.2 Å². The van der Waals surface area contributed by atoms with Crippen LogP contribution in [0.15, 0.2) is 24.3 Å². The number of benzene rings is 1. The number of aromatic carboxylic acids is 1. The molecule has 0 aliphatic rings. The summed E-state index contributed by atoms with van der Waals surface area (Å²) in [6, 6.07) is 6.12. The number of carbonyl (C=O) groups is 2. The largest absolute Gasteiger partial charge is 0.478 e. The van der Waals surface area contributed by atoms with Crippen LogP contribution in [0.5, 0.6) is 0 Å². The monoisotopic (exact) mass is 350 g/mol. The smallest absolute Gasteiger partial charge is 0.339 e. The highest BCUT2D eigenvalue weighted by Crippen LogP contribution is 2.25. The fraction of sp³-hybridized carbons (Fsp3) is 0.600. The first kappa shape index (κ1) is 21.2. The van der Waals surface area contributed by atoms with Gasteiger partial charge in [-0.05, 0) is 37.3 Å². The standard InChI is InChI=1S/C20H30O5/c1-4-24-14-10-6-5-9-13-20(2,3)15-25-19(23)17-12-8-7-11-16(17)18(21)22/h7-8,11-12H,4-6,9-10,13-15H2,1-3H3,(H,21,22). The summed E-state index contributed by atoms with van der Waals surface area (Å²) in [5.74, 6) is -1.71. The highest BCUT2D eigenvalue weighted by molar-refractivity contribution is 6.02. The van der Waals surface area contributed by atoms with E-state index in [4.69, 9.17) is 14.6 Å². The van der Waals surface area contributed by atoms with E-state index in [1.54, 1.807) is 12.1 Å². The summed E-state index contributed by atoms with van der Waals surface area (Å²) < 4.78 is 10.7. The van der Waals surface area contributed by atoms with Crippen molar-refractivity contribution in [2.45, 2.75) is 52.9 Å². The number of rotatable bonds is 12. The third-order valence-electron chi connectivity index (χ3n) is 4.07. The molecule has 0 amide bonds. The summed E-state index contributed by atoms with van der Waals surface area (Å²) in [4.78, 5) is 23.4. The van der Waals surface area contributed by atoms with Crippen molar-refractivity contribution in [3.8, 4) is 0 Å². The normalized spacial score (nSPS) is 11.3. The number of unbranched alkanes of at least 4 members (excludes halogenated alkanes) is 3. The third kappa shape index (κ3) is 8.16. The minimum Gasteiger partial charge on any atom is -0.478 e. The number of esters is 1. The molecule has 140 valence electrons. The molecule has 5 heteroatoms. The van der Waals surface area contributed by atoms with Crippen molar-refractivity contribution in [2.75, 3.05) is 19.8 Å². The van der Waals surface area contributed by atoms with Gasteiger partial charge in [0.05, 0.1) is 17.7 Å². The molecule has 0 aliphatic heterocycles. The Balaban J connectivity index is 2.38. The molecule has 25 heavy (non-hydrogen) atoms. The second kappa shape index (κ2) is 10.9. The van der Waals surface area contributed by atoms with Gasteiger partial charge in [0, 0.05) is 13.2 Å². The summed E-state index contributed by atoms with van der Waals surface area (Å²) >= 11 is 0. The molecule has 0 saturated heterocycles. The van der Waals surface area contributed by atoms with E-state index in [0.717, 1.165) is 45.3 Å². The van der Waals surface area contributed by atoms with E-state index >= 15 is 0 Å². The van der Waals surface area contributed by atoms with E-state index in [0.29, 0.717) is 0 Å². The van der Waals surface area contributed by atoms with E-state index in [-0.39, 0.29) is 23.1 Å². The molecule has 5 nitrogen and oxygen atoms in total. The second-order valence-corrected chi connectivity index (χ2v) is 6.95. The molecule has 1 rings (SSSR count). The number of carbonyl (C=O) groups excluding carboxylic acids is 1. The van der Waals surface area contributed by atoms with Gasteiger partial charge in [-0.2, -0.15) is 0 Å². The summed E-state index contributed by atoms with van der Waals surface area (Å²) in [7, 11) is 0. The van der Waals surface area contributed by atoms with Gasteiger partial charge in [-0.1, -0.05) is 45.2 Å². The van der Waals surface area contributed by atoms with Crippen LogP contribution in [0.3, 0.4) is 0 Å². The molecule has 0 fully saturated rings. The molecule has 0 saturated carbocycles. The molecule has 0 unspecified atom stereocenters. The first-order chi connectivity index (χ1) is 11.9. The third-order valence-corrected chi connectivity index (χ3v) is 4.07. The Hall–Kier alpha value is -1.88. The Morgan fingerprint density at radius 1 is 1.04 bits per heavy atom. The molecular weight excluding hydrogens is 320 g/mol. The van der Waals surface area contributed by atoms with Gasteiger partial charge >= 0.3 is 11.9 Å². The van der Waals surface area contributed by atoms with Crippen molar-refractivity contribution >= 4 is 11.9 Å². The number of hydrogen-bond donors (Lipinski definition) is 1. The van der Waals surface area contributed by atoms with E-state index in [9.17, 15) is 9.59 Å².